The Balaban J connectivity index is 0.00000240. The van der Waals surface area contributed by atoms with Crippen molar-refractivity contribution in [1.82, 2.24) is 40.2 Å². The highest BCUT2D eigenvalue weighted by molar-refractivity contribution is 14.0. The summed E-state index contributed by atoms with van der Waals surface area (Å²) in [6, 6.07) is 4.26. The predicted octanol–water partition coefficient (Wildman–Crippen LogP) is 2.47. The van der Waals surface area contributed by atoms with E-state index in [9.17, 15) is 0 Å². The molecule has 156 valence electrons. The van der Waals surface area contributed by atoms with Gasteiger partial charge in [-0.2, -0.15) is 5.10 Å². The number of fused-ring (bicyclic) bond motifs is 1. The van der Waals surface area contributed by atoms with Crippen molar-refractivity contribution in [2.24, 2.45) is 12.0 Å². The predicted molar refractivity (Wildman–Crippen MR) is 123 cm³/mol. The number of aromatic nitrogens is 6. The van der Waals surface area contributed by atoms with Crippen LogP contribution in [-0.4, -0.2) is 35.5 Å². The molecule has 11 heteroatoms. The van der Waals surface area contributed by atoms with Gasteiger partial charge in [-0.3, -0.25) is 0 Å². The van der Waals surface area contributed by atoms with E-state index in [0.29, 0.717) is 6.54 Å². The molecule has 29 heavy (non-hydrogen) atoms. The lowest BCUT2D eigenvalue weighted by Gasteiger charge is -2.25. The van der Waals surface area contributed by atoms with Crippen molar-refractivity contribution >= 4 is 41.3 Å². The summed E-state index contributed by atoms with van der Waals surface area (Å²) in [4.78, 5) is 10.6. The van der Waals surface area contributed by atoms with Crippen molar-refractivity contribution in [3.63, 3.8) is 0 Å². The molecule has 2 N–H and O–H groups in total. The van der Waals surface area contributed by atoms with Crippen LogP contribution in [0.25, 0.3) is 0 Å². The molecule has 1 unspecified atom stereocenters. The largest absolute Gasteiger partial charge is 0.351 e. The molecule has 1 aliphatic rings. The minimum Gasteiger partial charge on any atom is -0.351 e. The van der Waals surface area contributed by atoms with Crippen molar-refractivity contribution in [2.75, 3.05) is 0 Å². The van der Waals surface area contributed by atoms with E-state index < -0.39 is 0 Å². The van der Waals surface area contributed by atoms with Crippen molar-refractivity contribution in [1.29, 1.82) is 0 Å². The molecule has 0 fully saturated rings. The number of aryl methyl sites for hydroxylation is 3. The fraction of sp³-hybridized carbons (Fsp3) is 0.500. The third-order valence-corrected chi connectivity index (χ3v) is 5.74. The van der Waals surface area contributed by atoms with E-state index in [1.807, 2.05) is 30.1 Å². The van der Waals surface area contributed by atoms with E-state index in [-0.39, 0.29) is 30.0 Å². The molecule has 9 nitrogen and oxygen atoms in total. The summed E-state index contributed by atoms with van der Waals surface area (Å²) in [5.74, 6) is 4.24. The number of guanidine groups is 1. The highest BCUT2D eigenvalue weighted by Gasteiger charge is 2.24. The maximum atomic E-state index is 4.76. The van der Waals surface area contributed by atoms with Gasteiger partial charge in [0.1, 0.15) is 24.0 Å². The van der Waals surface area contributed by atoms with E-state index >= 15 is 0 Å². The maximum Gasteiger partial charge on any atom is 0.192 e. The first-order valence-corrected chi connectivity index (χ1v) is 10.3. The number of hydrogen-bond donors (Lipinski definition) is 2. The van der Waals surface area contributed by atoms with Gasteiger partial charge >= 0.3 is 0 Å². The number of rotatable bonds is 5. The molecule has 3 aromatic rings. The average molecular weight is 527 g/mol. The zero-order valence-electron chi connectivity index (χ0n) is 16.8. The van der Waals surface area contributed by atoms with E-state index in [1.54, 1.807) is 11.3 Å². The number of halogens is 1. The second-order valence-corrected chi connectivity index (χ2v) is 7.93. The number of nitrogens with one attached hydrogen (secondary N) is 2. The van der Waals surface area contributed by atoms with Crippen LogP contribution in [0.5, 0.6) is 0 Å². The molecule has 0 amide bonds. The van der Waals surface area contributed by atoms with Crippen molar-refractivity contribution in [2.45, 2.75) is 52.4 Å². The smallest absolute Gasteiger partial charge is 0.192 e. The van der Waals surface area contributed by atoms with Gasteiger partial charge in [0.2, 0.25) is 0 Å². The summed E-state index contributed by atoms with van der Waals surface area (Å²) < 4.78 is 3.96. The quantitative estimate of drug-likeness (QED) is 0.301. The van der Waals surface area contributed by atoms with Crippen LogP contribution in [-0.2, 0) is 26.7 Å². The minimum atomic E-state index is 0. The zero-order valence-corrected chi connectivity index (χ0v) is 19.9. The molecule has 3 aromatic heterocycles. The van der Waals surface area contributed by atoms with Crippen LogP contribution in [0.3, 0.4) is 0 Å². The van der Waals surface area contributed by atoms with Gasteiger partial charge in [-0.1, -0.05) is 6.07 Å². The molecule has 0 radical (unpaired) electrons. The fourth-order valence-electron chi connectivity index (χ4n) is 3.25. The van der Waals surface area contributed by atoms with Gasteiger partial charge in [-0.05, 0) is 38.1 Å². The monoisotopic (exact) mass is 527 g/mol. The first kappa shape index (κ1) is 21.7. The van der Waals surface area contributed by atoms with Crippen molar-refractivity contribution in [3.05, 3.63) is 45.7 Å². The van der Waals surface area contributed by atoms with Gasteiger partial charge in [0, 0.05) is 18.5 Å². The molecular weight excluding hydrogens is 501 g/mol. The Labute approximate surface area is 191 Å². The van der Waals surface area contributed by atoms with Gasteiger partial charge in [0.15, 0.2) is 11.8 Å². The second-order valence-electron chi connectivity index (χ2n) is 6.90. The lowest BCUT2D eigenvalue weighted by molar-refractivity contribution is 0.397. The number of hydrogen-bond acceptors (Lipinski definition) is 6. The SMILES string of the molecule is Cc1nc2n(n1)CCCC2NC(=NCc1nnc(C)n1C)NCc1cccs1.I. The molecule has 0 aliphatic carbocycles. The van der Waals surface area contributed by atoms with Crippen molar-refractivity contribution in [3.8, 4) is 0 Å². The summed E-state index contributed by atoms with van der Waals surface area (Å²) in [5, 5.41) is 21.9. The molecule has 4 rings (SSSR count). The first-order valence-electron chi connectivity index (χ1n) is 9.43. The fourth-order valence-corrected chi connectivity index (χ4v) is 3.89. The van der Waals surface area contributed by atoms with Crippen LogP contribution < -0.4 is 10.6 Å². The van der Waals surface area contributed by atoms with Gasteiger partial charge < -0.3 is 15.2 Å². The minimum absolute atomic E-state index is 0. The van der Waals surface area contributed by atoms with E-state index in [4.69, 9.17) is 4.99 Å². The summed E-state index contributed by atoms with van der Waals surface area (Å²) >= 11 is 1.72. The Hall–Kier alpha value is -2.02. The molecule has 0 aromatic carbocycles. The normalized spacial score (nSPS) is 16.2. The van der Waals surface area contributed by atoms with Gasteiger partial charge in [-0.25, -0.2) is 14.7 Å². The molecule has 1 aliphatic heterocycles. The van der Waals surface area contributed by atoms with E-state index in [1.165, 1.54) is 4.88 Å². The summed E-state index contributed by atoms with van der Waals surface area (Å²) in [6.07, 6.45) is 2.06. The van der Waals surface area contributed by atoms with Crippen LogP contribution in [0, 0.1) is 13.8 Å². The molecule has 0 saturated heterocycles. The Bertz CT molecular complexity index is 960. The van der Waals surface area contributed by atoms with Crippen molar-refractivity contribution < 1.29 is 0 Å². The third-order valence-electron chi connectivity index (χ3n) is 4.86. The van der Waals surface area contributed by atoms with Crippen LogP contribution in [0.1, 0.15) is 47.1 Å². The summed E-state index contributed by atoms with van der Waals surface area (Å²) in [7, 11) is 1.96. The first-order chi connectivity index (χ1) is 13.6. The highest BCUT2D eigenvalue weighted by Crippen LogP contribution is 2.23. The Morgan fingerprint density at radius 3 is 2.93 bits per heavy atom. The zero-order chi connectivity index (χ0) is 19.5. The highest BCUT2D eigenvalue weighted by atomic mass is 127. The number of thiophene rings is 1. The number of nitrogens with zero attached hydrogens (tertiary/aromatic N) is 7. The van der Waals surface area contributed by atoms with Crippen LogP contribution in [0.15, 0.2) is 22.5 Å². The summed E-state index contributed by atoms with van der Waals surface area (Å²) in [5.41, 5.74) is 0. The molecule has 1 atom stereocenters. The van der Waals surface area contributed by atoms with E-state index in [2.05, 4.69) is 48.4 Å². The molecular formula is C18H26IN9S. The molecule has 0 bridgehead atoms. The maximum absolute atomic E-state index is 4.76. The Kier molecular flexibility index (Phi) is 7.22. The number of aliphatic imine (C=N–C) groups is 1. The summed E-state index contributed by atoms with van der Waals surface area (Å²) in [6.45, 7) is 5.96. The average Bonchev–Trinajstić information content (AvgIpc) is 3.40. The topological polar surface area (TPSA) is 97.8 Å². The standard InChI is InChI=1S/C18H25N9S.HI/c1-12-21-17-15(7-4-8-27(17)25-12)22-18(19-10-14-6-5-9-28-14)20-11-16-24-23-13(2)26(16)3;/h5-6,9,15H,4,7-8,10-11H2,1-3H3,(H2,19,20,22);1H. The second kappa shape index (κ2) is 9.65. The van der Waals surface area contributed by atoms with Gasteiger partial charge in [0.05, 0.1) is 12.6 Å². The van der Waals surface area contributed by atoms with Crippen LogP contribution in [0.4, 0.5) is 0 Å². The van der Waals surface area contributed by atoms with Gasteiger partial charge in [0.25, 0.3) is 0 Å². The Morgan fingerprint density at radius 2 is 2.21 bits per heavy atom. The molecule has 0 saturated carbocycles. The third kappa shape index (κ3) is 5.13. The lowest BCUT2D eigenvalue weighted by atomic mass is 10.1. The van der Waals surface area contributed by atoms with Gasteiger partial charge in [-0.15, -0.1) is 45.5 Å². The molecule has 4 heterocycles. The molecule has 0 spiro atoms. The Morgan fingerprint density at radius 1 is 1.34 bits per heavy atom. The lowest BCUT2D eigenvalue weighted by Crippen LogP contribution is -2.41. The van der Waals surface area contributed by atoms with Crippen LogP contribution >= 0.6 is 35.3 Å². The van der Waals surface area contributed by atoms with E-state index in [0.717, 1.165) is 55.2 Å². The van der Waals surface area contributed by atoms with Crippen LogP contribution in [0.2, 0.25) is 0 Å².